The van der Waals surface area contributed by atoms with Crippen LogP contribution in [0.3, 0.4) is 0 Å². The fraction of sp³-hybridized carbons (Fsp3) is 0.571. The standard InChI is InChI=1S/C14H20O2/c1-14(2,13-15-9-6-10-16-13)11-12-7-4-3-5-8-12/h3-5,7-8,13H,6,9-11H2,1-2H3. The number of benzene rings is 1. The molecule has 1 aliphatic rings. The number of hydrogen-bond acceptors (Lipinski definition) is 2. The molecule has 0 aliphatic carbocycles. The van der Waals surface area contributed by atoms with Gasteiger partial charge in [-0.05, 0) is 18.4 Å². The van der Waals surface area contributed by atoms with Crippen LogP contribution in [0.5, 0.6) is 0 Å². The van der Waals surface area contributed by atoms with Gasteiger partial charge in [-0.15, -0.1) is 0 Å². The number of rotatable bonds is 3. The summed E-state index contributed by atoms with van der Waals surface area (Å²) in [6, 6.07) is 10.5. The summed E-state index contributed by atoms with van der Waals surface area (Å²) in [6.45, 7) is 6.05. The molecule has 0 radical (unpaired) electrons. The maximum Gasteiger partial charge on any atom is 0.162 e. The van der Waals surface area contributed by atoms with E-state index in [1.807, 2.05) is 6.07 Å². The van der Waals surface area contributed by atoms with Crippen molar-refractivity contribution in [1.82, 2.24) is 0 Å². The fourth-order valence-electron chi connectivity index (χ4n) is 2.14. The van der Waals surface area contributed by atoms with Crippen LogP contribution in [0.1, 0.15) is 25.8 Å². The molecule has 2 rings (SSSR count). The van der Waals surface area contributed by atoms with Crippen molar-refractivity contribution in [2.24, 2.45) is 5.41 Å². The third-order valence-corrected chi connectivity index (χ3v) is 2.97. The predicted octanol–water partition coefficient (Wildman–Crippen LogP) is 3.02. The van der Waals surface area contributed by atoms with Gasteiger partial charge in [-0.25, -0.2) is 0 Å². The highest BCUT2D eigenvalue weighted by atomic mass is 16.7. The van der Waals surface area contributed by atoms with E-state index in [-0.39, 0.29) is 11.7 Å². The highest BCUT2D eigenvalue weighted by Crippen LogP contribution is 2.30. The summed E-state index contributed by atoms with van der Waals surface area (Å²) in [4.78, 5) is 0. The quantitative estimate of drug-likeness (QED) is 0.779. The molecule has 1 heterocycles. The van der Waals surface area contributed by atoms with Gasteiger partial charge in [0.2, 0.25) is 0 Å². The maximum absolute atomic E-state index is 5.69. The van der Waals surface area contributed by atoms with Gasteiger partial charge < -0.3 is 9.47 Å². The van der Waals surface area contributed by atoms with Crippen LogP contribution in [0, 0.1) is 5.41 Å². The Kier molecular flexibility index (Phi) is 3.62. The van der Waals surface area contributed by atoms with Crippen molar-refractivity contribution in [3.05, 3.63) is 35.9 Å². The first-order chi connectivity index (χ1) is 7.68. The zero-order valence-electron chi connectivity index (χ0n) is 10.1. The number of ether oxygens (including phenoxy) is 2. The second-order valence-electron chi connectivity index (χ2n) is 5.08. The first-order valence-corrected chi connectivity index (χ1v) is 5.96. The van der Waals surface area contributed by atoms with E-state index in [1.54, 1.807) is 0 Å². The lowest BCUT2D eigenvalue weighted by Gasteiger charge is -2.36. The lowest BCUT2D eigenvalue weighted by atomic mass is 9.84. The van der Waals surface area contributed by atoms with E-state index < -0.39 is 0 Å². The SMILES string of the molecule is CC(C)(Cc1ccccc1)C1OCCCO1. The van der Waals surface area contributed by atoms with Crippen molar-refractivity contribution in [1.29, 1.82) is 0 Å². The molecule has 16 heavy (non-hydrogen) atoms. The van der Waals surface area contributed by atoms with Crippen LogP contribution >= 0.6 is 0 Å². The van der Waals surface area contributed by atoms with Gasteiger partial charge in [0.05, 0.1) is 13.2 Å². The molecule has 0 amide bonds. The van der Waals surface area contributed by atoms with Crippen molar-refractivity contribution in [2.75, 3.05) is 13.2 Å². The molecule has 88 valence electrons. The molecule has 0 unspecified atom stereocenters. The van der Waals surface area contributed by atoms with E-state index in [0.29, 0.717) is 0 Å². The van der Waals surface area contributed by atoms with Gasteiger partial charge in [0, 0.05) is 5.41 Å². The molecule has 1 aromatic rings. The first kappa shape index (κ1) is 11.6. The van der Waals surface area contributed by atoms with Gasteiger partial charge in [0.25, 0.3) is 0 Å². The molecule has 2 nitrogen and oxygen atoms in total. The Morgan fingerprint density at radius 3 is 2.38 bits per heavy atom. The molecule has 0 bridgehead atoms. The van der Waals surface area contributed by atoms with Gasteiger partial charge in [-0.1, -0.05) is 44.2 Å². The van der Waals surface area contributed by atoms with Crippen molar-refractivity contribution < 1.29 is 9.47 Å². The Bertz CT molecular complexity index is 313. The van der Waals surface area contributed by atoms with Gasteiger partial charge >= 0.3 is 0 Å². The van der Waals surface area contributed by atoms with Crippen molar-refractivity contribution in [3.8, 4) is 0 Å². The first-order valence-electron chi connectivity index (χ1n) is 5.96. The van der Waals surface area contributed by atoms with Crippen LogP contribution in [0.15, 0.2) is 30.3 Å². The van der Waals surface area contributed by atoms with E-state index in [0.717, 1.165) is 26.1 Å². The summed E-state index contributed by atoms with van der Waals surface area (Å²) in [6.07, 6.45) is 1.93. The molecule has 1 aliphatic heterocycles. The second-order valence-corrected chi connectivity index (χ2v) is 5.08. The predicted molar refractivity (Wildman–Crippen MR) is 64.2 cm³/mol. The van der Waals surface area contributed by atoms with Gasteiger partial charge in [0.1, 0.15) is 0 Å². The van der Waals surface area contributed by atoms with Crippen LogP contribution in [-0.4, -0.2) is 19.5 Å². The van der Waals surface area contributed by atoms with Gasteiger partial charge in [-0.3, -0.25) is 0 Å². The zero-order valence-corrected chi connectivity index (χ0v) is 10.1. The average Bonchev–Trinajstić information content (AvgIpc) is 2.31. The highest BCUT2D eigenvalue weighted by molar-refractivity contribution is 5.16. The van der Waals surface area contributed by atoms with E-state index in [4.69, 9.17) is 9.47 Å². The van der Waals surface area contributed by atoms with Crippen molar-refractivity contribution >= 4 is 0 Å². The van der Waals surface area contributed by atoms with Crippen molar-refractivity contribution in [2.45, 2.75) is 33.0 Å². The minimum Gasteiger partial charge on any atom is -0.352 e. The maximum atomic E-state index is 5.69. The molecular weight excluding hydrogens is 200 g/mol. The van der Waals surface area contributed by atoms with E-state index in [9.17, 15) is 0 Å². The van der Waals surface area contributed by atoms with Crippen molar-refractivity contribution in [3.63, 3.8) is 0 Å². The Morgan fingerprint density at radius 2 is 1.75 bits per heavy atom. The van der Waals surface area contributed by atoms with E-state index in [1.165, 1.54) is 5.56 Å². The van der Waals surface area contributed by atoms with Crippen LogP contribution in [0.4, 0.5) is 0 Å². The summed E-state index contributed by atoms with van der Waals surface area (Å²) < 4.78 is 11.4. The molecule has 2 heteroatoms. The van der Waals surface area contributed by atoms with Gasteiger partial charge in [-0.2, -0.15) is 0 Å². The summed E-state index contributed by atoms with van der Waals surface area (Å²) in [7, 11) is 0. The second kappa shape index (κ2) is 4.98. The number of hydrogen-bond donors (Lipinski definition) is 0. The van der Waals surface area contributed by atoms with E-state index >= 15 is 0 Å². The molecule has 1 fully saturated rings. The molecular formula is C14H20O2. The lowest BCUT2D eigenvalue weighted by Crippen LogP contribution is -2.39. The molecule has 0 aromatic heterocycles. The normalized spacial score (nSPS) is 18.6. The largest absolute Gasteiger partial charge is 0.352 e. The third-order valence-electron chi connectivity index (χ3n) is 2.97. The molecule has 0 saturated carbocycles. The Labute approximate surface area is 97.6 Å². The third kappa shape index (κ3) is 2.83. The van der Waals surface area contributed by atoms with Gasteiger partial charge in [0.15, 0.2) is 6.29 Å². The molecule has 1 saturated heterocycles. The van der Waals surface area contributed by atoms with Crippen LogP contribution in [0.2, 0.25) is 0 Å². The highest BCUT2D eigenvalue weighted by Gasteiger charge is 2.32. The molecule has 1 aromatic carbocycles. The summed E-state index contributed by atoms with van der Waals surface area (Å²) >= 11 is 0. The Morgan fingerprint density at radius 1 is 1.12 bits per heavy atom. The zero-order chi connectivity index (χ0) is 11.4. The minimum atomic E-state index is -0.0681. The minimum absolute atomic E-state index is 0.0295. The average molecular weight is 220 g/mol. The monoisotopic (exact) mass is 220 g/mol. The lowest BCUT2D eigenvalue weighted by molar-refractivity contribution is -0.228. The topological polar surface area (TPSA) is 18.5 Å². The summed E-state index contributed by atoms with van der Waals surface area (Å²) in [5.41, 5.74) is 1.37. The molecule has 0 N–H and O–H groups in total. The Hall–Kier alpha value is -0.860. The molecule has 0 spiro atoms. The molecule has 0 atom stereocenters. The van der Waals surface area contributed by atoms with Crippen LogP contribution in [0.25, 0.3) is 0 Å². The smallest absolute Gasteiger partial charge is 0.162 e. The van der Waals surface area contributed by atoms with E-state index in [2.05, 4.69) is 38.1 Å². The summed E-state index contributed by atoms with van der Waals surface area (Å²) in [5, 5.41) is 0. The van der Waals surface area contributed by atoms with Crippen LogP contribution in [-0.2, 0) is 15.9 Å². The van der Waals surface area contributed by atoms with Crippen LogP contribution < -0.4 is 0 Å². The summed E-state index contributed by atoms with van der Waals surface area (Å²) in [5.74, 6) is 0. The fourth-order valence-corrected chi connectivity index (χ4v) is 2.14. The Balaban J connectivity index is 2.01.